The lowest BCUT2D eigenvalue weighted by Crippen LogP contribution is -2.59. The number of carbonyl (C=O) groups excluding carboxylic acids is 2. The van der Waals surface area contributed by atoms with Crippen LogP contribution in [0.5, 0.6) is 0 Å². The normalized spacial score (nSPS) is 18.3. The van der Waals surface area contributed by atoms with Crippen molar-refractivity contribution in [1.82, 2.24) is 9.80 Å². The number of carbonyl (C=O) groups is 2. The summed E-state index contributed by atoms with van der Waals surface area (Å²) in [4.78, 5) is 27.8. The number of nitrogens with zero attached hydrogens (tertiary/aromatic N) is 2. The Morgan fingerprint density at radius 2 is 1.88 bits per heavy atom. The third-order valence-electron chi connectivity index (χ3n) is 4.15. The second kappa shape index (κ2) is 9.39. The fraction of sp³-hybridized carbons (Fsp3) is 0.556. The molecular weight excluding hydrogens is 308 g/mol. The molecule has 0 aliphatic carbocycles. The van der Waals surface area contributed by atoms with E-state index < -0.39 is 6.04 Å². The summed E-state index contributed by atoms with van der Waals surface area (Å²) in [5.41, 5.74) is 1.13. The van der Waals surface area contributed by atoms with Crippen molar-refractivity contribution in [3.63, 3.8) is 0 Å². The molecule has 0 bridgehead atoms. The zero-order chi connectivity index (χ0) is 17.4. The Hall–Kier alpha value is -1.92. The Morgan fingerprint density at radius 1 is 1.12 bits per heavy atom. The predicted octanol–water partition coefficient (Wildman–Crippen LogP) is 1.30. The smallest absolute Gasteiger partial charge is 0.245 e. The molecule has 0 N–H and O–H groups in total. The molecule has 1 fully saturated rings. The minimum Gasteiger partial charge on any atom is -0.383 e. The van der Waals surface area contributed by atoms with E-state index in [1.807, 2.05) is 30.3 Å². The van der Waals surface area contributed by atoms with Crippen molar-refractivity contribution in [2.75, 3.05) is 40.0 Å². The Morgan fingerprint density at radius 3 is 2.58 bits per heavy atom. The van der Waals surface area contributed by atoms with Crippen LogP contribution < -0.4 is 0 Å². The highest BCUT2D eigenvalue weighted by Gasteiger charge is 2.35. The van der Waals surface area contributed by atoms with Gasteiger partial charge in [-0.3, -0.25) is 9.59 Å². The maximum Gasteiger partial charge on any atom is 0.245 e. The van der Waals surface area contributed by atoms with Crippen LogP contribution >= 0.6 is 0 Å². The SMILES string of the molecule is COCCN1CC(=O)N(CCCOCc2ccccc2)[C@@H](C)C1=O. The number of ether oxygens (including phenoxy) is 2. The van der Waals surface area contributed by atoms with Gasteiger partial charge < -0.3 is 19.3 Å². The first-order chi connectivity index (χ1) is 11.6. The molecule has 1 heterocycles. The molecule has 2 amide bonds. The average molecular weight is 334 g/mol. The molecule has 0 saturated carbocycles. The number of piperazine rings is 1. The van der Waals surface area contributed by atoms with Crippen molar-refractivity contribution in [3.05, 3.63) is 35.9 Å². The van der Waals surface area contributed by atoms with Crippen LogP contribution in [0.3, 0.4) is 0 Å². The third-order valence-corrected chi connectivity index (χ3v) is 4.15. The first-order valence-electron chi connectivity index (χ1n) is 8.32. The van der Waals surface area contributed by atoms with Gasteiger partial charge in [0.15, 0.2) is 0 Å². The van der Waals surface area contributed by atoms with Crippen LogP contribution in [0.4, 0.5) is 0 Å². The second-order valence-corrected chi connectivity index (χ2v) is 5.91. The van der Waals surface area contributed by atoms with E-state index >= 15 is 0 Å². The summed E-state index contributed by atoms with van der Waals surface area (Å²) in [7, 11) is 1.58. The molecule has 0 spiro atoms. The summed E-state index contributed by atoms with van der Waals surface area (Å²) in [5.74, 6) is -0.0295. The molecule has 0 unspecified atom stereocenters. The second-order valence-electron chi connectivity index (χ2n) is 5.91. The number of hydrogen-bond acceptors (Lipinski definition) is 4. The lowest BCUT2D eigenvalue weighted by molar-refractivity contribution is -0.155. The first-order valence-corrected chi connectivity index (χ1v) is 8.32. The Labute approximate surface area is 143 Å². The summed E-state index contributed by atoms with van der Waals surface area (Å²) in [5, 5.41) is 0. The lowest BCUT2D eigenvalue weighted by Gasteiger charge is -2.38. The zero-order valence-corrected chi connectivity index (χ0v) is 14.4. The molecule has 1 aromatic rings. The van der Waals surface area contributed by atoms with E-state index in [1.54, 1.807) is 23.8 Å². The van der Waals surface area contributed by atoms with Crippen LogP contribution in [-0.4, -0.2) is 67.6 Å². The monoisotopic (exact) mass is 334 g/mol. The van der Waals surface area contributed by atoms with Crippen LogP contribution in [0.2, 0.25) is 0 Å². The Bertz CT molecular complexity index is 535. The molecule has 1 aliphatic heterocycles. The summed E-state index contributed by atoms with van der Waals surface area (Å²) in [6.45, 7) is 4.49. The Balaban J connectivity index is 1.72. The molecule has 1 saturated heterocycles. The molecule has 1 atom stereocenters. The number of rotatable bonds is 9. The highest BCUT2D eigenvalue weighted by atomic mass is 16.5. The number of hydrogen-bond donors (Lipinski definition) is 0. The molecule has 1 aromatic carbocycles. The summed E-state index contributed by atoms with van der Waals surface area (Å²) < 4.78 is 10.6. The van der Waals surface area contributed by atoms with E-state index in [4.69, 9.17) is 9.47 Å². The lowest BCUT2D eigenvalue weighted by atomic mass is 10.1. The van der Waals surface area contributed by atoms with E-state index in [-0.39, 0.29) is 18.4 Å². The van der Waals surface area contributed by atoms with Crippen LogP contribution in [0.15, 0.2) is 30.3 Å². The van der Waals surface area contributed by atoms with Gasteiger partial charge in [0.2, 0.25) is 11.8 Å². The number of benzene rings is 1. The van der Waals surface area contributed by atoms with Gasteiger partial charge in [-0.25, -0.2) is 0 Å². The van der Waals surface area contributed by atoms with E-state index in [9.17, 15) is 9.59 Å². The van der Waals surface area contributed by atoms with Crippen LogP contribution in [0.1, 0.15) is 18.9 Å². The van der Waals surface area contributed by atoms with E-state index in [2.05, 4.69) is 0 Å². The highest BCUT2D eigenvalue weighted by molar-refractivity contribution is 5.94. The van der Waals surface area contributed by atoms with Gasteiger partial charge in [-0.2, -0.15) is 0 Å². The van der Waals surface area contributed by atoms with Gasteiger partial charge in [-0.15, -0.1) is 0 Å². The largest absolute Gasteiger partial charge is 0.383 e. The van der Waals surface area contributed by atoms with E-state index in [1.165, 1.54) is 0 Å². The van der Waals surface area contributed by atoms with E-state index in [0.717, 1.165) is 5.56 Å². The Kier molecular flexibility index (Phi) is 7.21. The van der Waals surface area contributed by atoms with Crippen LogP contribution in [0, 0.1) is 0 Å². The van der Waals surface area contributed by atoms with Crippen molar-refractivity contribution >= 4 is 11.8 Å². The van der Waals surface area contributed by atoms with Crippen molar-refractivity contribution < 1.29 is 19.1 Å². The van der Waals surface area contributed by atoms with E-state index in [0.29, 0.717) is 39.3 Å². The van der Waals surface area contributed by atoms with Crippen LogP contribution in [0.25, 0.3) is 0 Å². The fourth-order valence-electron chi connectivity index (χ4n) is 2.76. The van der Waals surface area contributed by atoms with Gasteiger partial charge >= 0.3 is 0 Å². The molecular formula is C18H26N2O4. The van der Waals surface area contributed by atoms with Gasteiger partial charge in [0, 0.05) is 26.8 Å². The topological polar surface area (TPSA) is 59.1 Å². The van der Waals surface area contributed by atoms with Gasteiger partial charge in [0.25, 0.3) is 0 Å². The van der Waals surface area contributed by atoms with Gasteiger partial charge in [-0.05, 0) is 18.9 Å². The molecule has 0 aromatic heterocycles. The molecule has 132 valence electrons. The maximum atomic E-state index is 12.3. The summed E-state index contributed by atoms with van der Waals surface area (Å²) >= 11 is 0. The first kappa shape index (κ1) is 18.4. The molecule has 24 heavy (non-hydrogen) atoms. The minimum atomic E-state index is -0.419. The molecule has 0 radical (unpaired) electrons. The van der Waals surface area contributed by atoms with Crippen molar-refractivity contribution in [3.8, 4) is 0 Å². The zero-order valence-electron chi connectivity index (χ0n) is 14.4. The van der Waals surface area contributed by atoms with Gasteiger partial charge in [-0.1, -0.05) is 30.3 Å². The molecule has 6 heteroatoms. The van der Waals surface area contributed by atoms with Crippen LogP contribution in [-0.2, 0) is 25.7 Å². The van der Waals surface area contributed by atoms with Gasteiger partial charge in [0.1, 0.15) is 6.04 Å². The standard InChI is InChI=1S/C18H26N2O4/c1-15-18(22)19(10-12-23-2)13-17(21)20(15)9-6-11-24-14-16-7-4-3-5-8-16/h3-5,7-8,15H,6,9-14H2,1-2H3/t15-/m0/s1. The summed E-state index contributed by atoms with van der Waals surface area (Å²) in [6.07, 6.45) is 0.717. The van der Waals surface area contributed by atoms with Gasteiger partial charge in [0.05, 0.1) is 19.8 Å². The minimum absolute atomic E-state index is 0.0127. The maximum absolute atomic E-state index is 12.3. The number of amides is 2. The fourth-order valence-corrected chi connectivity index (χ4v) is 2.76. The number of methoxy groups -OCH3 is 1. The van der Waals surface area contributed by atoms with Crippen molar-refractivity contribution in [2.45, 2.75) is 26.0 Å². The quantitative estimate of drug-likeness (QED) is 0.639. The third kappa shape index (κ3) is 5.04. The highest BCUT2D eigenvalue weighted by Crippen LogP contribution is 2.13. The average Bonchev–Trinajstić information content (AvgIpc) is 2.60. The van der Waals surface area contributed by atoms with Crippen molar-refractivity contribution in [1.29, 1.82) is 0 Å². The molecule has 6 nitrogen and oxygen atoms in total. The van der Waals surface area contributed by atoms with Crippen molar-refractivity contribution in [2.24, 2.45) is 0 Å². The predicted molar refractivity (Wildman–Crippen MR) is 90.3 cm³/mol. The summed E-state index contributed by atoms with van der Waals surface area (Å²) in [6, 6.07) is 9.55. The molecule has 2 rings (SSSR count). The molecule has 1 aliphatic rings.